The van der Waals surface area contributed by atoms with Crippen LogP contribution < -0.4 is 0 Å². The van der Waals surface area contributed by atoms with Gasteiger partial charge < -0.3 is 9.15 Å². The van der Waals surface area contributed by atoms with Crippen LogP contribution in [-0.2, 0) is 4.74 Å². The number of halogens is 3. The predicted molar refractivity (Wildman–Crippen MR) is 72.6 cm³/mol. The number of hydrogen-bond donors (Lipinski definition) is 0. The van der Waals surface area contributed by atoms with E-state index >= 15 is 0 Å². The molecule has 0 radical (unpaired) electrons. The van der Waals surface area contributed by atoms with Gasteiger partial charge in [-0.2, -0.15) is 0 Å². The molecule has 112 valence electrons. The third-order valence-electron chi connectivity index (χ3n) is 2.82. The first-order valence-electron chi connectivity index (χ1n) is 6.17. The van der Waals surface area contributed by atoms with Gasteiger partial charge in [0, 0.05) is 10.6 Å². The summed E-state index contributed by atoms with van der Waals surface area (Å²) in [5.74, 6) is -1.64. The third-order valence-corrected chi connectivity index (χ3v) is 3.23. The Labute approximate surface area is 124 Å². The first kappa shape index (κ1) is 15.4. The molecule has 2 rings (SSSR count). The summed E-state index contributed by atoms with van der Waals surface area (Å²) in [4.78, 5) is 15.4. The number of alkyl halides is 2. The van der Waals surface area contributed by atoms with E-state index in [1.165, 1.54) is 0 Å². The third kappa shape index (κ3) is 3.05. The zero-order valence-electron chi connectivity index (χ0n) is 11.3. The monoisotopic (exact) mass is 315 g/mol. The second-order valence-electron chi connectivity index (χ2n) is 4.17. The zero-order chi connectivity index (χ0) is 15.6. The maximum atomic E-state index is 13.0. The van der Waals surface area contributed by atoms with Crippen LogP contribution in [0.5, 0.6) is 0 Å². The molecule has 0 unspecified atom stereocenters. The van der Waals surface area contributed by atoms with Gasteiger partial charge in [-0.3, -0.25) is 0 Å². The van der Waals surface area contributed by atoms with Gasteiger partial charge in [-0.15, -0.1) is 0 Å². The van der Waals surface area contributed by atoms with E-state index in [9.17, 15) is 13.6 Å². The number of carbonyl (C=O) groups excluding carboxylic acids is 1. The Hall–Kier alpha value is -1.95. The molecule has 0 bridgehead atoms. The molecule has 7 heteroatoms. The maximum Gasteiger partial charge on any atom is 0.376 e. The van der Waals surface area contributed by atoms with Crippen LogP contribution in [0.1, 0.15) is 35.2 Å². The number of carbonyl (C=O) groups is 1. The first-order chi connectivity index (χ1) is 9.95. The molecule has 1 aromatic heterocycles. The summed E-state index contributed by atoms with van der Waals surface area (Å²) in [6.07, 6.45) is -2.94. The molecule has 0 aliphatic carbocycles. The number of hydrogen-bond acceptors (Lipinski definition) is 4. The highest BCUT2D eigenvalue weighted by Crippen LogP contribution is 2.32. The number of nitrogens with zero attached hydrogens (tertiary/aromatic N) is 1. The van der Waals surface area contributed by atoms with Crippen LogP contribution in [0.15, 0.2) is 22.6 Å². The lowest BCUT2D eigenvalue weighted by Gasteiger charge is -2.02. The Morgan fingerprint density at radius 2 is 2.19 bits per heavy atom. The molecule has 0 aliphatic rings. The Kier molecular flexibility index (Phi) is 4.57. The first-order valence-corrected chi connectivity index (χ1v) is 6.55. The Bertz CT molecular complexity index is 670. The van der Waals surface area contributed by atoms with Gasteiger partial charge in [-0.1, -0.05) is 17.7 Å². The summed E-state index contributed by atoms with van der Waals surface area (Å²) in [6.45, 7) is 3.32. The number of rotatable bonds is 4. The normalized spacial score (nSPS) is 11.0. The second-order valence-corrected chi connectivity index (χ2v) is 4.57. The summed E-state index contributed by atoms with van der Waals surface area (Å²) >= 11 is 5.98. The van der Waals surface area contributed by atoms with Crippen molar-refractivity contribution in [3.63, 3.8) is 0 Å². The van der Waals surface area contributed by atoms with Crippen LogP contribution in [0.3, 0.4) is 0 Å². The fraction of sp³-hybridized carbons (Fsp3) is 0.286. The highest BCUT2D eigenvalue weighted by molar-refractivity contribution is 6.31. The van der Waals surface area contributed by atoms with Crippen molar-refractivity contribution in [2.45, 2.75) is 20.3 Å². The Morgan fingerprint density at radius 3 is 2.81 bits per heavy atom. The lowest BCUT2D eigenvalue weighted by molar-refractivity contribution is 0.0476. The average Bonchev–Trinajstić information content (AvgIpc) is 2.87. The highest BCUT2D eigenvalue weighted by atomic mass is 35.5. The van der Waals surface area contributed by atoms with Crippen molar-refractivity contribution < 1.29 is 22.7 Å². The van der Waals surface area contributed by atoms with Gasteiger partial charge in [-0.05, 0) is 31.5 Å². The van der Waals surface area contributed by atoms with E-state index in [2.05, 4.69) is 9.72 Å². The van der Waals surface area contributed by atoms with Crippen molar-refractivity contribution >= 4 is 17.6 Å². The standard InChI is InChI=1S/C14H12ClF2NO3/c1-3-20-14(19)11-10(12(16)17)18-13(21-11)8-5-4-6-9(15)7(8)2/h4-6,12H,3H2,1-2H3. The molecule has 0 amide bonds. The number of benzene rings is 1. The molecule has 0 fully saturated rings. The molecule has 0 saturated carbocycles. The van der Waals surface area contributed by atoms with E-state index in [-0.39, 0.29) is 12.5 Å². The molecular formula is C14H12ClF2NO3. The minimum Gasteiger partial charge on any atom is -0.460 e. The fourth-order valence-electron chi connectivity index (χ4n) is 1.78. The molecule has 21 heavy (non-hydrogen) atoms. The van der Waals surface area contributed by atoms with E-state index in [0.717, 1.165) is 0 Å². The van der Waals surface area contributed by atoms with Crippen molar-refractivity contribution in [2.75, 3.05) is 6.61 Å². The van der Waals surface area contributed by atoms with E-state index in [1.54, 1.807) is 32.0 Å². The molecule has 0 N–H and O–H groups in total. The fourth-order valence-corrected chi connectivity index (χ4v) is 1.95. The van der Waals surface area contributed by atoms with E-state index in [4.69, 9.17) is 16.0 Å². The number of aromatic nitrogens is 1. The lowest BCUT2D eigenvalue weighted by Crippen LogP contribution is -2.06. The molecular weight excluding hydrogens is 304 g/mol. The largest absolute Gasteiger partial charge is 0.460 e. The van der Waals surface area contributed by atoms with Gasteiger partial charge >= 0.3 is 5.97 Å². The van der Waals surface area contributed by atoms with Crippen molar-refractivity contribution in [2.24, 2.45) is 0 Å². The summed E-state index contributed by atoms with van der Waals surface area (Å²) < 4.78 is 35.8. The van der Waals surface area contributed by atoms with Gasteiger partial charge in [0.15, 0.2) is 5.69 Å². The van der Waals surface area contributed by atoms with Gasteiger partial charge in [0.2, 0.25) is 11.7 Å². The van der Waals surface area contributed by atoms with Gasteiger partial charge in [-0.25, -0.2) is 18.6 Å². The number of oxazole rings is 1. The lowest BCUT2D eigenvalue weighted by atomic mass is 10.1. The van der Waals surface area contributed by atoms with E-state index in [1.807, 2.05) is 0 Å². The second kappa shape index (κ2) is 6.22. The topological polar surface area (TPSA) is 52.3 Å². The predicted octanol–water partition coefficient (Wildman–Crippen LogP) is 4.42. The van der Waals surface area contributed by atoms with Crippen LogP contribution in [0.25, 0.3) is 11.5 Å². The van der Waals surface area contributed by atoms with Crippen molar-refractivity contribution in [1.29, 1.82) is 0 Å². The van der Waals surface area contributed by atoms with Crippen LogP contribution in [0, 0.1) is 6.92 Å². The Balaban J connectivity index is 2.54. The van der Waals surface area contributed by atoms with Gasteiger partial charge in [0.25, 0.3) is 6.43 Å². The SMILES string of the molecule is CCOC(=O)c1oc(-c2cccc(Cl)c2C)nc1C(F)F. The summed E-state index contributed by atoms with van der Waals surface area (Å²) in [5.41, 5.74) is 0.333. The minimum absolute atomic E-state index is 0.0493. The molecule has 1 aromatic carbocycles. The van der Waals surface area contributed by atoms with Crippen LogP contribution >= 0.6 is 11.6 Å². The van der Waals surface area contributed by atoms with Gasteiger partial charge in [0.1, 0.15) is 0 Å². The van der Waals surface area contributed by atoms with Crippen molar-refractivity contribution in [3.05, 3.63) is 40.2 Å². The minimum atomic E-state index is -2.94. The molecule has 0 aliphatic heterocycles. The molecule has 2 aromatic rings. The quantitative estimate of drug-likeness (QED) is 0.784. The smallest absolute Gasteiger partial charge is 0.376 e. The highest BCUT2D eigenvalue weighted by Gasteiger charge is 2.28. The van der Waals surface area contributed by atoms with E-state index < -0.39 is 23.8 Å². The summed E-state index contributed by atoms with van der Waals surface area (Å²) in [7, 11) is 0. The summed E-state index contributed by atoms with van der Waals surface area (Å²) in [6, 6.07) is 4.92. The number of ether oxygens (including phenoxy) is 1. The van der Waals surface area contributed by atoms with Crippen LogP contribution in [0.4, 0.5) is 8.78 Å². The Morgan fingerprint density at radius 1 is 1.48 bits per heavy atom. The molecule has 0 spiro atoms. The average molecular weight is 316 g/mol. The zero-order valence-corrected chi connectivity index (χ0v) is 12.1. The van der Waals surface area contributed by atoms with Crippen molar-refractivity contribution in [3.8, 4) is 11.5 Å². The molecule has 1 heterocycles. The van der Waals surface area contributed by atoms with Crippen LogP contribution in [-0.4, -0.2) is 17.6 Å². The number of esters is 1. The molecule has 4 nitrogen and oxygen atoms in total. The molecule has 0 saturated heterocycles. The van der Waals surface area contributed by atoms with Gasteiger partial charge in [0.05, 0.1) is 6.61 Å². The maximum absolute atomic E-state index is 13.0. The van der Waals surface area contributed by atoms with Crippen LogP contribution in [0.2, 0.25) is 5.02 Å². The molecule has 0 atom stereocenters. The summed E-state index contributed by atoms with van der Waals surface area (Å²) in [5, 5.41) is 0.446. The van der Waals surface area contributed by atoms with E-state index in [0.29, 0.717) is 16.1 Å². The van der Waals surface area contributed by atoms with Crippen molar-refractivity contribution in [1.82, 2.24) is 4.98 Å².